The molecule has 0 aliphatic rings. The van der Waals surface area contributed by atoms with Crippen molar-refractivity contribution in [2.24, 2.45) is 0 Å². The van der Waals surface area contributed by atoms with E-state index in [-0.39, 0.29) is 5.56 Å². The Labute approximate surface area is 148 Å². The number of carboxylic acids is 1. The zero-order valence-electron chi connectivity index (χ0n) is 13.7. The summed E-state index contributed by atoms with van der Waals surface area (Å²) in [5, 5.41) is 13.2. The second-order valence-corrected chi connectivity index (χ2v) is 5.71. The summed E-state index contributed by atoms with van der Waals surface area (Å²) in [6.07, 6.45) is 4.92. The fourth-order valence-electron chi connectivity index (χ4n) is 2.70. The molecule has 0 aliphatic heterocycles. The van der Waals surface area contributed by atoms with E-state index < -0.39 is 5.97 Å². The Balaban J connectivity index is 1.69. The highest BCUT2D eigenvalue weighted by atomic mass is 16.4. The number of fused-ring (bicyclic) bond motifs is 1. The molecule has 7 nitrogen and oxygen atoms in total. The molecule has 0 unspecified atom stereocenters. The molecule has 0 atom stereocenters. The van der Waals surface area contributed by atoms with E-state index in [9.17, 15) is 4.79 Å². The number of aromatic nitrogens is 4. The fraction of sp³-hybridized carbons (Fsp3) is 0.0526. The van der Waals surface area contributed by atoms with E-state index in [0.717, 1.165) is 22.3 Å². The van der Waals surface area contributed by atoms with Crippen molar-refractivity contribution in [3.63, 3.8) is 0 Å². The standard InChI is InChI=1S/C19H15N5O2/c25-19(26)12-4-5-16(22-10-12)15-9-17(24-18-14(15)6-8-21-18)23-11-13-3-1-2-7-20-13/h1-10H,11H2,(H,25,26)(H2,21,23,24). The molecule has 4 rings (SSSR count). The molecule has 0 spiro atoms. The summed E-state index contributed by atoms with van der Waals surface area (Å²) in [6, 6.07) is 12.8. The van der Waals surface area contributed by atoms with Crippen LogP contribution in [0.1, 0.15) is 16.1 Å². The molecule has 7 heteroatoms. The van der Waals surface area contributed by atoms with Crippen molar-refractivity contribution < 1.29 is 9.90 Å². The van der Waals surface area contributed by atoms with E-state index in [1.165, 1.54) is 6.20 Å². The van der Waals surface area contributed by atoms with E-state index in [1.54, 1.807) is 18.3 Å². The van der Waals surface area contributed by atoms with Crippen LogP contribution in [0, 0.1) is 0 Å². The number of aromatic amines is 1. The summed E-state index contributed by atoms with van der Waals surface area (Å²) in [7, 11) is 0. The number of carboxylic acid groups (broad SMARTS) is 1. The second-order valence-electron chi connectivity index (χ2n) is 5.71. The van der Waals surface area contributed by atoms with Crippen LogP contribution in [-0.4, -0.2) is 31.0 Å². The lowest BCUT2D eigenvalue weighted by atomic mass is 10.1. The third kappa shape index (κ3) is 3.10. The zero-order valence-corrected chi connectivity index (χ0v) is 13.7. The summed E-state index contributed by atoms with van der Waals surface area (Å²) >= 11 is 0. The number of carbonyl (C=O) groups is 1. The van der Waals surface area contributed by atoms with Crippen molar-refractivity contribution in [1.29, 1.82) is 0 Å². The van der Waals surface area contributed by atoms with Gasteiger partial charge in [0, 0.05) is 29.5 Å². The summed E-state index contributed by atoms with van der Waals surface area (Å²) in [4.78, 5) is 27.3. The molecule has 0 fully saturated rings. The first-order valence-electron chi connectivity index (χ1n) is 8.02. The molecule has 26 heavy (non-hydrogen) atoms. The maximum atomic E-state index is 11.0. The van der Waals surface area contributed by atoms with Crippen molar-refractivity contribution in [1.82, 2.24) is 19.9 Å². The van der Waals surface area contributed by atoms with Gasteiger partial charge in [-0.3, -0.25) is 9.97 Å². The van der Waals surface area contributed by atoms with Crippen LogP contribution >= 0.6 is 0 Å². The number of nitrogens with one attached hydrogen (secondary N) is 2. The zero-order chi connectivity index (χ0) is 17.9. The Hall–Kier alpha value is -3.74. The van der Waals surface area contributed by atoms with Crippen LogP contribution in [0.15, 0.2) is 61.1 Å². The van der Waals surface area contributed by atoms with Crippen molar-refractivity contribution in [2.75, 3.05) is 5.32 Å². The minimum Gasteiger partial charge on any atom is -0.478 e. The van der Waals surface area contributed by atoms with E-state index >= 15 is 0 Å². The Morgan fingerprint density at radius 1 is 1.15 bits per heavy atom. The third-order valence-corrected chi connectivity index (χ3v) is 3.99. The largest absolute Gasteiger partial charge is 0.478 e. The molecule has 0 radical (unpaired) electrons. The predicted octanol–water partition coefficient (Wildman–Crippen LogP) is 3.33. The normalized spacial score (nSPS) is 10.8. The molecule has 0 amide bonds. The molecule has 0 saturated heterocycles. The first-order valence-corrected chi connectivity index (χ1v) is 8.02. The Morgan fingerprint density at radius 3 is 2.81 bits per heavy atom. The van der Waals surface area contributed by atoms with Crippen LogP contribution in [0.4, 0.5) is 5.82 Å². The summed E-state index contributed by atoms with van der Waals surface area (Å²) in [5.74, 6) is -0.312. The molecule has 0 bridgehead atoms. The number of rotatable bonds is 5. The Bertz CT molecular complexity index is 1060. The molecule has 4 aromatic rings. The molecular weight excluding hydrogens is 330 g/mol. The van der Waals surface area contributed by atoms with Gasteiger partial charge in [0.05, 0.1) is 23.5 Å². The number of nitrogens with zero attached hydrogens (tertiary/aromatic N) is 3. The molecule has 0 aromatic carbocycles. The summed E-state index contributed by atoms with van der Waals surface area (Å²) in [6.45, 7) is 0.547. The lowest BCUT2D eigenvalue weighted by Crippen LogP contribution is -2.03. The Morgan fingerprint density at radius 2 is 2.08 bits per heavy atom. The van der Waals surface area contributed by atoms with Gasteiger partial charge < -0.3 is 15.4 Å². The lowest BCUT2D eigenvalue weighted by Gasteiger charge is -2.09. The van der Waals surface area contributed by atoms with E-state index in [1.807, 2.05) is 36.5 Å². The smallest absolute Gasteiger partial charge is 0.337 e. The number of hydrogen-bond acceptors (Lipinski definition) is 5. The van der Waals surface area contributed by atoms with Crippen molar-refractivity contribution in [2.45, 2.75) is 6.54 Å². The van der Waals surface area contributed by atoms with Crippen LogP contribution in [0.5, 0.6) is 0 Å². The van der Waals surface area contributed by atoms with Crippen LogP contribution in [-0.2, 0) is 6.54 Å². The molecule has 4 aromatic heterocycles. The van der Waals surface area contributed by atoms with E-state index in [4.69, 9.17) is 5.11 Å². The molecule has 0 saturated carbocycles. The van der Waals surface area contributed by atoms with Crippen molar-refractivity contribution in [3.8, 4) is 11.3 Å². The summed E-state index contributed by atoms with van der Waals surface area (Å²) < 4.78 is 0. The second kappa shape index (κ2) is 6.64. The van der Waals surface area contributed by atoms with Gasteiger partial charge in [-0.05, 0) is 36.4 Å². The molecule has 4 heterocycles. The van der Waals surface area contributed by atoms with Gasteiger partial charge in [-0.25, -0.2) is 9.78 Å². The van der Waals surface area contributed by atoms with Crippen LogP contribution in [0.2, 0.25) is 0 Å². The monoisotopic (exact) mass is 345 g/mol. The molecule has 3 N–H and O–H groups in total. The highest BCUT2D eigenvalue weighted by Gasteiger charge is 2.11. The highest BCUT2D eigenvalue weighted by Crippen LogP contribution is 2.28. The lowest BCUT2D eigenvalue weighted by molar-refractivity contribution is 0.0696. The average Bonchev–Trinajstić information content (AvgIpc) is 3.15. The van der Waals surface area contributed by atoms with Gasteiger partial charge in [0.15, 0.2) is 0 Å². The number of aromatic carboxylic acids is 1. The fourth-order valence-corrected chi connectivity index (χ4v) is 2.70. The van der Waals surface area contributed by atoms with Gasteiger partial charge in [-0.1, -0.05) is 6.07 Å². The predicted molar refractivity (Wildman–Crippen MR) is 97.8 cm³/mol. The van der Waals surface area contributed by atoms with Crippen molar-refractivity contribution >= 4 is 22.8 Å². The topological polar surface area (TPSA) is 104 Å². The van der Waals surface area contributed by atoms with Gasteiger partial charge >= 0.3 is 5.97 Å². The van der Waals surface area contributed by atoms with E-state index in [2.05, 4.69) is 25.3 Å². The van der Waals surface area contributed by atoms with Crippen LogP contribution in [0.3, 0.4) is 0 Å². The van der Waals surface area contributed by atoms with Crippen molar-refractivity contribution in [3.05, 3.63) is 72.3 Å². The van der Waals surface area contributed by atoms with Gasteiger partial charge in [-0.2, -0.15) is 0 Å². The number of H-pyrrole nitrogens is 1. The van der Waals surface area contributed by atoms with Gasteiger partial charge in [0.1, 0.15) is 11.5 Å². The SMILES string of the molecule is O=C(O)c1ccc(-c2cc(NCc3ccccn3)nc3[nH]ccc23)nc1. The highest BCUT2D eigenvalue weighted by molar-refractivity contribution is 5.94. The van der Waals surface area contributed by atoms with Gasteiger partial charge in [0.25, 0.3) is 0 Å². The minimum atomic E-state index is -0.997. The third-order valence-electron chi connectivity index (χ3n) is 3.99. The van der Waals surface area contributed by atoms with E-state index in [0.29, 0.717) is 18.1 Å². The van der Waals surface area contributed by atoms with Gasteiger partial charge in [-0.15, -0.1) is 0 Å². The first kappa shape index (κ1) is 15.8. The number of pyridine rings is 3. The quantitative estimate of drug-likeness (QED) is 0.512. The average molecular weight is 345 g/mol. The molecule has 0 aliphatic carbocycles. The minimum absolute atomic E-state index is 0.154. The summed E-state index contributed by atoms with van der Waals surface area (Å²) in [5.41, 5.74) is 3.35. The van der Waals surface area contributed by atoms with Gasteiger partial charge in [0.2, 0.25) is 0 Å². The number of anilines is 1. The molecule has 128 valence electrons. The first-order chi connectivity index (χ1) is 12.7. The Kier molecular flexibility index (Phi) is 4.03. The maximum Gasteiger partial charge on any atom is 0.337 e. The van der Waals surface area contributed by atoms with Crippen LogP contribution in [0.25, 0.3) is 22.3 Å². The maximum absolute atomic E-state index is 11.0. The van der Waals surface area contributed by atoms with Crippen LogP contribution < -0.4 is 5.32 Å². The molecular formula is C19H15N5O2. The number of hydrogen-bond donors (Lipinski definition) is 3.